The van der Waals surface area contributed by atoms with E-state index < -0.39 is 0 Å². The van der Waals surface area contributed by atoms with Crippen molar-refractivity contribution in [2.75, 3.05) is 6.54 Å². The van der Waals surface area contributed by atoms with Gasteiger partial charge in [0.1, 0.15) is 5.82 Å². The maximum Gasteiger partial charge on any atom is 0.126 e. The Hall–Kier alpha value is -1.38. The zero-order chi connectivity index (χ0) is 14.4. The molecule has 1 N–H and O–H groups in total. The Labute approximate surface area is 124 Å². The Morgan fingerprint density at radius 3 is 2.50 bits per heavy atom. The van der Waals surface area contributed by atoms with Gasteiger partial charge >= 0.3 is 0 Å². The van der Waals surface area contributed by atoms with E-state index in [-0.39, 0.29) is 11.9 Å². The summed E-state index contributed by atoms with van der Waals surface area (Å²) < 4.78 is 13.8. The lowest BCUT2D eigenvalue weighted by Gasteiger charge is -2.20. The first kappa shape index (κ1) is 15.0. The zero-order valence-electron chi connectivity index (χ0n) is 11.6. The third-order valence-corrected chi connectivity index (χ3v) is 3.65. The minimum atomic E-state index is -0.164. The molecule has 106 valence electrons. The van der Waals surface area contributed by atoms with Gasteiger partial charge in [-0.2, -0.15) is 0 Å². The summed E-state index contributed by atoms with van der Waals surface area (Å²) in [5.74, 6) is -0.164. The molecule has 0 spiro atoms. The average Bonchev–Trinajstić information content (AvgIpc) is 2.46. The Morgan fingerprint density at radius 1 is 1.10 bits per heavy atom. The van der Waals surface area contributed by atoms with E-state index in [9.17, 15) is 4.39 Å². The minimum absolute atomic E-state index is 0.0283. The zero-order valence-corrected chi connectivity index (χ0v) is 12.3. The van der Waals surface area contributed by atoms with Crippen molar-refractivity contribution in [1.82, 2.24) is 5.32 Å². The lowest BCUT2D eigenvalue weighted by atomic mass is 9.98. The quantitative estimate of drug-likeness (QED) is 0.809. The van der Waals surface area contributed by atoms with Gasteiger partial charge in [-0.1, -0.05) is 54.9 Å². The van der Waals surface area contributed by atoms with Crippen LogP contribution in [0.3, 0.4) is 0 Å². The first-order valence-corrected chi connectivity index (χ1v) is 7.31. The van der Waals surface area contributed by atoms with Crippen molar-refractivity contribution in [3.05, 3.63) is 70.5 Å². The van der Waals surface area contributed by atoms with Gasteiger partial charge < -0.3 is 5.32 Å². The van der Waals surface area contributed by atoms with Gasteiger partial charge in [0.25, 0.3) is 0 Å². The van der Waals surface area contributed by atoms with Crippen LogP contribution in [0.1, 0.15) is 30.5 Å². The normalized spacial score (nSPS) is 12.3. The number of hydrogen-bond acceptors (Lipinski definition) is 1. The predicted molar refractivity (Wildman–Crippen MR) is 82.6 cm³/mol. The lowest BCUT2D eigenvalue weighted by molar-refractivity contribution is 0.513. The number of nitrogens with one attached hydrogen (secondary N) is 1. The van der Waals surface area contributed by atoms with Crippen LogP contribution in [0, 0.1) is 5.82 Å². The fourth-order valence-corrected chi connectivity index (χ4v) is 2.52. The number of benzene rings is 2. The molecule has 2 aromatic carbocycles. The molecule has 20 heavy (non-hydrogen) atoms. The summed E-state index contributed by atoms with van der Waals surface area (Å²) in [5, 5.41) is 4.17. The van der Waals surface area contributed by atoms with Crippen molar-refractivity contribution >= 4 is 11.6 Å². The predicted octanol–water partition coefficient (Wildman–Crippen LogP) is 4.76. The second-order valence-electron chi connectivity index (χ2n) is 4.82. The second kappa shape index (κ2) is 7.41. The number of halogens is 2. The summed E-state index contributed by atoms with van der Waals surface area (Å²) in [6.45, 7) is 2.99. The van der Waals surface area contributed by atoms with Crippen molar-refractivity contribution in [2.45, 2.75) is 25.8 Å². The molecule has 1 unspecified atom stereocenters. The van der Waals surface area contributed by atoms with Crippen molar-refractivity contribution in [3.8, 4) is 0 Å². The molecule has 3 heteroatoms. The molecule has 0 saturated carbocycles. The highest BCUT2D eigenvalue weighted by atomic mass is 35.5. The molecule has 0 aliphatic rings. The Balaban J connectivity index is 2.24. The minimum Gasteiger partial charge on any atom is -0.310 e. The molecular formula is C17H19ClFN. The van der Waals surface area contributed by atoms with E-state index in [0.29, 0.717) is 12.0 Å². The highest BCUT2D eigenvalue weighted by Gasteiger charge is 2.16. The Morgan fingerprint density at radius 2 is 1.80 bits per heavy atom. The number of rotatable bonds is 6. The molecule has 1 nitrogen and oxygen atoms in total. The van der Waals surface area contributed by atoms with E-state index in [1.54, 1.807) is 6.07 Å². The smallest absolute Gasteiger partial charge is 0.126 e. The van der Waals surface area contributed by atoms with Crippen molar-refractivity contribution in [1.29, 1.82) is 0 Å². The van der Waals surface area contributed by atoms with Gasteiger partial charge in [-0.05, 0) is 42.6 Å². The fraction of sp³-hybridized carbons (Fsp3) is 0.294. The van der Waals surface area contributed by atoms with Crippen LogP contribution in [0.25, 0.3) is 0 Å². The van der Waals surface area contributed by atoms with Crippen LogP contribution < -0.4 is 5.32 Å². The topological polar surface area (TPSA) is 12.0 Å². The van der Waals surface area contributed by atoms with Gasteiger partial charge in [-0.3, -0.25) is 0 Å². The van der Waals surface area contributed by atoms with Crippen LogP contribution in [0.15, 0.2) is 48.5 Å². The molecule has 0 saturated heterocycles. The Bertz CT molecular complexity index is 556. The van der Waals surface area contributed by atoms with Gasteiger partial charge in [0.2, 0.25) is 0 Å². The van der Waals surface area contributed by atoms with E-state index in [4.69, 9.17) is 11.6 Å². The summed E-state index contributed by atoms with van der Waals surface area (Å²) in [7, 11) is 0. The van der Waals surface area contributed by atoms with E-state index in [2.05, 4.69) is 12.2 Å². The molecular weight excluding hydrogens is 273 g/mol. The highest BCUT2D eigenvalue weighted by molar-refractivity contribution is 6.31. The SMILES string of the molecule is CCCNC(Cc1ccccc1F)c1ccccc1Cl. The molecule has 0 aliphatic heterocycles. The monoisotopic (exact) mass is 291 g/mol. The summed E-state index contributed by atoms with van der Waals surface area (Å²) >= 11 is 6.27. The largest absolute Gasteiger partial charge is 0.310 e. The molecule has 0 radical (unpaired) electrons. The average molecular weight is 292 g/mol. The third kappa shape index (κ3) is 3.81. The van der Waals surface area contributed by atoms with Gasteiger partial charge in [0.05, 0.1) is 0 Å². The number of hydrogen-bond donors (Lipinski definition) is 1. The molecule has 0 fully saturated rings. The van der Waals surface area contributed by atoms with Gasteiger partial charge in [-0.25, -0.2) is 4.39 Å². The van der Waals surface area contributed by atoms with Crippen LogP contribution in [0.5, 0.6) is 0 Å². The molecule has 1 atom stereocenters. The standard InChI is InChI=1S/C17H19ClFN/c1-2-11-20-17(14-8-4-5-9-15(14)18)12-13-7-3-6-10-16(13)19/h3-10,17,20H,2,11-12H2,1H3. The Kier molecular flexibility index (Phi) is 5.57. The van der Waals surface area contributed by atoms with E-state index >= 15 is 0 Å². The third-order valence-electron chi connectivity index (χ3n) is 3.30. The molecule has 2 rings (SSSR count). The lowest BCUT2D eigenvalue weighted by Crippen LogP contribution is -2.24. The van der Waals surface area contributed by atoms with Crippen LogP contribution in [0.2, 0.25) is 5.02 Å². The first-order chi connectivity index (χ1) is 9.72. The summed E-state index contributed by atoms with van der Waals surface area (Å²) in [5.41, 5.74) is 1.73. The van der Waals surface area contributed by atoms with Gasteiger partial charge in [0.15, 0.2) is 0 Å². The maximum atomic E-state index is 13.8. The van der Waals surface area contributed by atoms with Crippen LogP contribution >= 0.6 is 11.6 Å². The van der Waals surface area contributed by atoms with Crippen LogP contribution in [0.4, 0.5) is 4.39 Å². The summed E-state index contributed by atoms with van der Waals surface area (Å²) in [4.78, 5) is 0. The van der Waals surface area contributed by atoms with E-state index in [0.717, 1.165) is 23.6 Å². The summed E-state index contributed by atoms with van der Waals surface area (Å²) in [6, 6.07) is 14.7. The van der Waals surface area contributed by atoms with Crippen LogP contribution in [-0.4, -0.2) is 6.54 Å². The molecule has 0 aliphatic carbocycles. The molecule has 0 aromatic heterocycles. The van der Waals surface area contributed by atoms with Gasteiger partial charge in [-0.15, -0.1) is 0 Å². The maximum absolute atomic E-state index is 13.8. The molecule has 0 heterocycles. The van der Waals surface area contributed by atoms with Crippen molar-refractivity contribution < 1.29 is 4.39 Å². The molecule has 0 amide bonds. The molecule has 0 bridgehead atoms. The van der Waals surface area contributed by atoms with E-state index in [1.165, 1.54) is 6.07 Å². The first-order valence-electron chi connectivity index (χ1n) is 6.93. The summed E-state index contributed by atoms with van der Waals surface area (Å²) in [6.07, 6.45) is 1.62. The highest BCUT2D eigenvalue weighted by Crippen LogP contribution is 2.26. The van der Waals surface area contributed by atoms with Crippen molar-refractivity contribution in [2.24, 2.45) is 0 Å². The van der Waals surface area contributed by atoms with Crippen molar-refractivity contribution in [3.63, 3.8) is 0 Å². The van der Waals surface area contributed by atoms with E-state index in [1.807, 2.05) is 36.4 Å². The van der Waals surface area contributed by atoms with Crippen LogP contribution in [-0.2, 0) is 6.42 Å². The van der Waals surface area contributed by atoms with Gasteiger partial charge in [0, 0.05) is 11.1 Å². The fourth-order valence-electron chi connectivity index (χ4n) is 2.25. The molecule has 2 aromatic rings. The second-order valence-corrected chi connectivity index (χ2v) is 5.23.